The van der Waals surface area contributed by atoms with Crippen LogP contribution in [0.25, 0.3) is 116 Å². The lowest BCUT2D eigenvalue weighted by Gasteiger charge is -2.16. The van der Waals surface area contributed by atoms with Crippen LogP contribution in [0, 0.1) is 0 Å². The van der Waals surface area contributed by atoms with E-state index in [1.54, 1.807) is 0 Å². The van der Waals surface area contributed by atoms with Crippen LogP contribution in [0.1, 0.15) is 0 Å². The maximum atomic E-state index is 5.50. The zero-order valence-corrected chi connectivity index (χ0v) is 33.1. The number of hydrogen-bond donors (Lipinski definition) is 0. The van der Waals surface area contributed by atoms with E-state index < -0.39 is 0 Å². The predicted octanol–water partition coefficient (Wildman–Crippen LogP) is 14.8. The summed E-state index contributed by atoms with van der Waals surface area (Å²) in [5, 5.41) is 9.33. The van der Waals surface area contributed by atoms with Gasteiger partial charge in [0, 0.05) is 33.2 Å². The molecule has 0 aliphatic heterocycles. The highest BCUT2D eigenvalue weighted by molar-refractivity contribution is 6.19. The molecule has 10 aromatic carbocycles. The standard InChI is InChI=1S/C57H36N4/c1-3-17-37(18-4-1)42-23-11-13-28-49(42)55-58-56(60-57(59-55)54-45-26-10-8-20-39(45)35-51-43-24-9-7-19-38(43)31-34-48(51)54)50-29-14-12-25-44(50)40-32-33-47-46-27-15-16-30-52(46)61(53(47)36-40)41-21-5-2-6-22-41/h1-36H. The molecule has 0 amide bonds. The number of para-hydroxylation sites is 2. The second kappa shape index (κ2) is 14.3. The summed E-state index contributed by atoms with van der Waals surface area (Å²) in [6.45, 7) is 0. The first kappa shape index (κ1) is 34.8. The minimum absolute atomic E-state index is 0.615. The molecule has 0 radical (unpaired) electrons. The fourth-order valence-electron chi connectivity index (χ4n) is 9.26. The summed E-state index contributed by atoms with van der Waals surface area (Å²) in [7, 11) is 0. The molecule has 2 aromatic heterocycles. The molecule has 4 heteroatoms. The van der Waals surface area contributed by atoms with Crippen molar-refractivity contribution in [3.8, 4) is 62.1 Å². The van der Waals surface area contributed by atoms with Gasteiger partial charge in [-0.15, -0.1) is 0 Å². The lowest BCUT2D eigenvalue weighted by molar-refractivity contribution is 1.08. The monoisotopic (exact) mass is 776 g/mol. The Labute approximate surface area is 352 Å². The van der Waals surface area contributed by atoms with Gasteiger partial charge in [0.2, 0.25) is 0 Å². The van der Waals surface area contributed by atoms with E-state index in [1.807, 2.05) is 6.07 Å². The molecule has 0 unspecified atom stereocenters. The quantitative estimate of drug-likeness (QED) is 0.125. The molecule has 0 spiro atoms. The van der Waals surface area contributed by atoms with E-state index >= 15 is 0 Å². The number of fused-ring (bicyclic) bond motifs is 7. The fraction of sp³-hybridized carbons (Fsp3) is 0. The van der Waals surface area contributed by atoms with Gasteiger partial charge in [-0.1, -0.05) is 188 Å². The first-order valence-corrected chi connectivity index (χ1v) is 20.7. The molecule has 0 saturated heterocycles. The van der Waals surface area contributed by atoms with E-state index in [2.05, 4.69) is 217 Å². The van der Waals surface area contributed by atoms with Crippen LogP contribution in [0.3, 0.4) is 0 Å². The Morgan fingerprint density at radius 2 is 0.803 bits per heavy atom. The van der Waals surface area contributed by atoms with Gasteiger partial charge in [-0.2, -0.15) is 0 Å². The van der Waals surface area contributed by atoms with Crippen molar-refractivity contribution >= 4 is 54.1 Å². The van der Waals surface area contributed by atoms with Crippen LogP contribution < -0.4 is 0 Å². The molecule has 61 heavy (non-hydrogen) atoms. The maximum Gasteiger partial charge on any atom is 0.165 e. The molecule has 0 fully saturated rings. The van der Waals surface area contributed by atoms with Crippen LogP contribution in [0.2, 0.25) is 0 Å². The zero-order valence-electron chi connectivity index (χ0n) is 33.1. The summed E-state index contributed by atoms with van der Waals surface area (Å²) in [4.78, 5) is 16.4. The van der Waals surface area contributed by atoms with Gasteiger partial charge < -0.3 is 4.57 Å². The topological polar surface area (TPSA) is 43.6 Å². The molecular formula is C57H36N4. The van der Waals surface area contributed by atoms with Gasteiger partial charge in [-0.3, -0.25) is 0 Å². The van der Waals surface area contributed by atoms with Crippen molar-refractivity contribution in [3.63, 3.8) is 0 Å². The Balaban J connectivity index is 1.14. The number of benzene rings is 10. The Morgan fingerprint density at radius 3 is 1.54 bits per heavy atom. The minimum atomic E-state index is 0.615. The normalized spacial score (nSPS) is 11.6. The van der Waals surface area contributed by atoms with E-state index in [9.17, 15) is 0 Å². The third-order valence-electron chi connectivity index (χ3n) is 12.0. The van der Waals surface area contributed by atoms with Crippen molar-refractivity contribution in [2.45, 2.75) is 0 Å². The van der Waals surface area contributed by atoms with Crippen molar-refractivity contribution in [2.75, 3.05) is 0 Å². The van der Waals surface area contributed by atoms with Gasteiger partial charge >= 0.3 is 0 Å². The molecule has 12 rings (SSSR count). The van der Waals surface area contributed by atoms with E-state index in [0.29, 0.717) is 17.5 Å². The number of rotatable bonds is 6. The van der Waals surface area contributed by atoms with Crippen LogP contribution in [0.15, 0.2) is 218 Å². The highest BCUT2D eigenvalue weighted by atomic mass is 15.0. The van der Waals surface area contributed by atoms with Crippen molar-refractivity contribution < 1.29 is 0 Å². The van der Waals surface area contributed by atoms with E-state index in [4.69, 9.17) is 15.0 Å². The summed E-state index contributed by atoms with van der Waals surface area (Å²) in [6, 6.07) is 77.5. The van der Waals surface area contributed by atoms with E-state index in [-0.39, 0.29) is 0 Å². The minimum Gasteiger partial charge on any atom is -0.309 e. The molecule has 0 aliphatic rings. The molecule has 2 heterocycles. The summed E-state index contributed by atoms with van der Waals surface area (Å²) in [5.41, 5.74) is 10.6. The Hall–Kier alpha value is -8.21. The fourth-order valence-corrected chi connectivity index (χ4v) is 9.26. The van der Waals surface area contributed by atoms with E-state index in [1.165, 1.54) is 32.4 Å². The number of aromatic nitrogens is 4. The van der Waals surface area contributed by atoms with Gasteiger partial charge in [0.25, 0.3) is 0 Å². The van der Waals surface area contributed by atoms with Crippen molar-refractivity contribution in [1.82, 2.24) is 19.5 Å². The molecule has 0 aliphatic carbocycles. The maximum absolute atomic E-state index is 5.50. The Kier molecular flexibility index (Phi) is 8.13. The molecule has 12 aromatic rings. The average molecular weight is 777 g/mol. The van der Waals surface area contributed by atoms with Gasteiger partial charge in [-0.05, 0) is 84.9 Å². The van der Waals surface area contributed by atoms with Crippen LogP contribution in [-0.4, -0.2) is 19.5 Å². The van der Waals surface area contributed by atoms with Crippen molar-refractivity contribution in [3.05, 3.63) is 218 Å². The largest absolute Gasteiger partial charge is 0.309 e. The summed E-state index contributed by atoms with van der Waals surface area (Å²) >= 11 is 0. The lowest BCUT2D eigenvalue weighted by Crippen LogP contribution is -2.03. The van der Waals surface area contributed by atoms with Gasteiger partial charge in [0.1, 0.15) is 0 Å². The smallest absolute Gasteiger partial charge is 0.165 e. The molecular weight excluding hydrogens is 741 g/mol. The molecule has 0 atom stereocenters. The molecule has 4 nitrogen and oxygen atoms in total. The number of hydrogen-bond acceptors (Lipinski definition) is 3. The summed E-state index contributed by atoms with van der Waals surface area (Å²) in [6.07, 6.45) is 0. The van der Waals surface area contributed by atoms with Crippen LogP contribution >= 0.6 is 0 Å². The molecule has 0 bridgehead atoms. The summed E-state index contributed by atoms with van der Waals surface area (Å²) < 4.78 is 2.37. The first-order chi connectivity index (χ1) is 30.3. The highest BCUT2D eigenvalue weighted by Gasteiger charge is 2.22. The van der Waals surface area contributed by atoms with Crippen molar-refractivity contribution in [1.29, 1.82) is 0 Å². The van der Waals surface area contributed by atoms with Gasteiger partial charge in [-0.25, -0.2) is 15.0 Å². The average Bonchev–Trinajstić information content (AvgIpc) is 3.67. The predicted molar refractivity (Wildman–Crippen MR) is 254 cm³/mol. The Morgan fingerprint density at radius 1 is 0.279 bits per heavy atom. The molecule has 284 valence electrons. The van der Waals surface area contributed by atoms with Crippen LogP contribution in [0.4, 0.5) is 0 Å². The van der Waals surface area contributed by atoms with Gasteiger partial charge in [0.05, 0.1) is 11.0 Å². The third-order valence-corrected chi connectivity index (χ3v) is 12.0. The SMILES string of the molecule is c1ccc(-c2ccccc2-c2nc(-c3ccccc3-c3ccc4c5ccccc5n(-c5ccccc5)c4c3)nc(-c3c4ccccc4cc4c3ccc3ccccc34)n2)cc1. The van der Waals surface area contributed by atoms with Gasteiger partial charge in [0.15, 0.2) is 17.5 Å². The van der Waals surface area contributed by atoms with Crippen LogP contribution in [-0.2, 0) is 0 Å². The van der Waals surface area contributed by atoms with Crippen molar-refractivity contribution in [2.24, 2.45) is 0 Å². The summed E-state index contributed by atoms with van der Waals surface area (Å²) in [5.74, 6) is 1.87. The van der Waals surface area contributed by atoms with E-state index in [0.717, 1.165) is 66.3 Å². The van der Waals surface area contributed by atoms with Crippen LogP contribution in [0.5, 0.6) is 0 Å². The first-order valence-electron chi connectivity index (χ1n) is 20.7. The molecule has 0 saturated carbocycles. The number of nitrogens with zero attached hydrogens (tertiary/aromatic N) is 4. The lowest BCUT2D eigenvalue weighted by atomic mass is 9.92. The third kappa shape index (κ3) is 5.80. The second-order valence-electron chi connectivity index (χ2n) is 15.5. The highest BCUT2D eigenvalue weighted by Crippen LogP contribution is 2.42. The Bertz CT molecular complexity index is 3650. The zero-order chi connectivity index (χ0) is 40.3. The second-order valence-corrected chi connectivity index (χ2v) is 15.5. The molecule has 0 N–H and O–H groups in total.